The molecule has 7 nitrogen and oxygen atoms in total. The number of amides is 1. The lowest BCUT2D eigenvalue weighted by Crippen LogP contribution is -2.27. The predicted octanol–water partition coefficient (Wildman–Crippen LogP) is 4.70. The summed E-state index contributed by atoms with van der Waals surface area (Å²) in [6.07, 6.45) is 0. The van der Waals surface area contributed by atoms with E-state index >= 15 is 0 Å². The number of ether oxygens (including phenoxy) is 1. The van der Waals surface area contributed by atoms with Gasteiger partial charge in [-0.2, -0.15) is 0 Å². The summed E-state index contributed by atoms with van der Waals surface area (Å²) in [6, 6.07) is 17.5. The second-order valence-corrected chi connectivity index (χ2v) is 9.97. The van der Waals surface area contributed by atoms with Crippen LogP contribution in [0.4, 0.5) is 4.39 Å². The molecule has 1 N–H and O–H groups in total. The zero-order chi connectivity index (χ0) is 26.4. The van der Waals surface area contributed by atoms with Crippen molar-refractivity contribution in [2.45, 2.75) is 11.7 Å². The first-order valence-electron chi connectivity index (χ1n) is 11.3. The second kappa shape index (κ2) is 12.3. The minimum absolute atomic E-state index is 0.0285. The standard InChI is InChI=1S/C27H23BrFN3O4S/c1-36-13-12-30-25(34)19-4-2-17(3-5-19)15-32-26(35)22-14-20(28)8-11-23(22)31-27(32)37-16-24(33)18-6-9-21(29)10-7-18/h2-11,14H,12-13,15-16H2,1H3,(H,30,34). The average molecular weight is 584 g/mol. The zero-order valence-electron chi connectivity index (χ0n) is 19.9. The molecule has 3 aromatic carbocycles. The predicted molar refractivity (Wildman–Crippen MR) is 145 cm³/mol. The van der Waals surface area contributed by atoms with Crippen LogP contribution in [0.1, 0.15) is 26.3 Å². The van der Waals surface area contributed by atoms with Gasteiger partial charge in [0.05, 0.1) is 29.8 Å². The molecule has 0 saturated carbocycles. The van der Waals surface area contributed by atoms with Crippen LogP contribution < -0.4 is 10.9 Å². The summed E-state index contributed by atoms with van der Waals surface area (Å²) in [5.41, 5.74) is 1.94. The Kier molecular flexibility index (Phi) is 8.86. The lowest BCUT2D eigenvalue weighted by Gasteiger charge is -2.14. The van der Waals surface area contributed by atoms with E-state index < -0.39 is 5.82 Å². The molecular weight excluding hydrogens is 561 g/mol. The Morgan fingerprint density at radius 3 is 2.46 bits per heavy atom. The number of carbonyl (C=O) groups excluding carboxylic acids is 2. The number of benzene rings is 3. The number of methoxy groups -OCH3 is 1. The molecular formula is C27H23BrFN3O4S. The molecule has 0 aliphatic rings. The van der Waals surface area contributed by atoms with Crippen LogP contribution in [0.25, 0.3) is 10.9 Å². The average Bonchev–Trinajstić information content (AvgIpc) is 2.90. The van der Waals surface area contributed by atoms with Gasteiger partial charge in [0.2, 0.25) is 0 Å². The SMILES string of the molecule is COCCNC(=O)c1ccc(Cn2c(SCC(=O)c3ccc(F)cc3)nc3ccc(Br)cc3c2=O)cc1. The third-order valence-electron chi connectivity index (χ3n) is 5.53. The number of carbonyl (C=O) groups is 2. The monoisotopic (exact) mass is 583 g/mol. The minimum atomic E-state index is -0.418. The van der Waals surface area contributed by atoms with E-state index in [2.05, 4.69) is 26.2 Å². The van der Waals surface area contributed by atoms with E-state index in [1.54, 1.807) is 49.6 Å². The van der Waals surface area contributed by atoms with Gasteiger partial charge < -0.3 is 10.1 Å². The molecule has 37 heavy (non-hydrogen) atoms. The number of halogens is 2. The molecule has 0 bridgehead atoms. The lowest BCUT2D eigenvalue weighted by atomic mass is 10.1. The molecule has 1 heterocycles. The van der Waals surface area contributed by atoms with Gasteiger partial charge in [-0.1, -0.05) is 39.8 Å². The summed E-state index contributed by atoms with van der Waals surface area (Å²) in [6.45, 7) is 1.02. The van der Waals surface area contributed by atoms with Crippen molar-refractivity contribution >= 4 is 50.3 Å². The van der Waals surface area contributed by atoms with Crippen molar-refractivity contribution in [3.05, 3.63) is 104 Å². The molecule has 190 valence electrons. The first kappa shape index (κ1) is 26.7. The Morgan fingerprint density at radius 1 is 1.05 bits per heavy atom. The highest BCUT2D eigenvalue weighted by Gasteiger charge is 2.16. The van der Waals surface area contributed by atoms with Crippen LogP contribution in [0, 0.1) is 5.82 Å². The number of fused-ring (bicyclic) bond motifs is 1. The highest BCUT2D eigenvalue weighted by Crippen LogP contribution is 2.22. The van der Waals surface area contributed by atoms with Gasteiger partial charge in [0.15, 0.2) is 10.9 Å². The van der Waals surface area contributed by atoms with Crippen LogP contribution in [0.2, 0.25) is 0 Å². The van der Waals surface area contributed by atoms with Crippen LogP contribution in [-0.2, 0) is 11.3 Å². The summed E-state index contributed by atoms with van der Waals surface area (Å²) < 4.78 is 20.4. The quantitative estimate of drug-likeness (QED) is 0.126. The van der Waals surface area contributed by atoms with E-state index in [1.165, 1.54) is 28.8 Å². The zero-order valence-corrected chi connectivity index (χ0v) is 22.3. The van der Waals surface area contributed by atoms with Gasteiger partial charge in [-0.05, 0) is 60.2 Å². The number of nitrogens with zero attached hydrogens (tertiary/aromatic N) is 2. The van der Waals surface area contributed by atoms with Crippen LogP contribution in [0.5, 0.6) is 0 Å². The summed E-state index contributed by atoms with van der Waals surface area (Å²) in [4.78, 5) is 43.1. The van der Waals surface area contributed by atoms with Crippen molar-refractivity contribution in [3.8, 4) is 0 Å². The van der Waals surface area contributed by atoms with Crippen molar-refractivity contribution in [1.82, 2.24) is 14.9 Å². The first-order chi connectivity index (χ1) is 17.9. The Morgan fingerprint density at radius 2 is 1.76 bits per heavy atom. The lowest BCUT2D eigenvalue weighted by molar-refractivity contribution is 0.0936. The molecule has 0 unspecified atom stereocenters. The second-order valence-electron chi connectivity index (χ2n) is 8.11. The van der Waals surface area contributed by atoms with Gasteiger partial charge in [-0.25, -0.2) is 9.37 Å². The van der Waals surface area contributed by atoms with Crippen LogP contribution in [0.3, 0.4) is 0 Å². The maximum absolute atomic E-state index is 13.5. The molecule has 0 aliphatic carbocycles. The van der Waals surface area contributed by atoms with Gasteiger partial charge in [0.25, 0.3) is 11.5 Å². The number of Topliss-reactive ketones (excluding diaryl/α,β-unsaturated/α-hetero) is 1. The molecule has 1 amide bonds. The minimum Gasteiger partial charge on any atom is -0.383 e. The number of aromatic nitrogens is 2. The van der Waals surface area contributed by atoms with Gasteiger partial charge in [0.1, 0.15) is 5.82 Å². The fraction of sp³-hybridized carbons (Fsp3) is 0.185. The summed E-state index contributed by atoms with van der Waals surface area (Å²) in [7, 11) is 1.56. The molecule has 10 heteroatoms. The van der Waals surface area contributed by atoms with E-state index in [0.717, 1.165) is 21.8 Å². The fourth-order valence-corrected chi connectivity index (χ4v) is 4.84. The van der Waals surface area contributed by atoms with Gasteiger partial charge in [0, 0.05) is 29.3 Å². The Balaban J connectivity index is 1.61. The van der Waals surface area contributed by atoms with Crippen molar-refractivity contribution < 1.29 is 18.7 Å². The number of thioether (sulfide) groups is 1. The van der Waals surface area contributed by atoms with E-state index in [9.17, 15) is 18.8 Å². The van der Waals surface area contributed by atoms with Crippen LogP contribution in [0.15, 0.2) is 81.2 Å². The molecule has 0 radical (unpaired) electrons. The molecule has 4 rings (SSSR count). The smallest absolute Gasteiger partial charge is 0.262 e. The van der Waals surface area contributed by atoms with Crippen LogP contribution in [-0.4, -0.2) is 47.3 Å². The summed E-state index contributed by atoms with van der Waals surface area (Å²) in [5.74, 6) is -0.807. The molecule has 4 aromatic rings. The van der Waals surface area contributed by atoms with E-state index in [1.807, 2.05) is 0 Å². The molecule has 0 spiro atoms. The topological polar surface area (TPSA) is 90.3 Å². The van der Waals surface area contributed by atoms with Gasteiger partial charge >= 0.3 is 0 Å². The van der Waals surface area contributed by atoms with Crippen molar-refractivity contribution in [2.75, 3.05) is 26.0 Å². The number of rotatable bonds is 10. The fourth-order valence-electron chi connectivity index (χ4n) is 3.58. The number of hydrogen-bond donors (Lipinski definition) is 1. The maximum atomic E-state index is 13.5. The summed E-state index contributed by atoms with van der Waals surface area (Å²) >= 11 is 4.55. The number of ketones is 1. The van der Waals surface area contributed by atoms with E-state index in [4.69, 9.17) is 4.74 Å². The van der Waals surface area contributed by atoms with Crippen molar-refractivity contribution in [1.29, 1.82) is 0 Å². The van der Waals surface area contributed by atoms with Crippen molar-refractivity contribution in [3.63, 3.8) is 0 Å². The van der Waals surface area contributed by atoms with E-state index in [-0.39, 0.29) is 29.5 Å². The largest absolute Gasteiger partial charge is 0.383 e. The molecule has 0 saturated heterocycles. The summed E-state index contributed by atoms with van der Waals surface area (Å²) in [5, 5.41) is 3.60. The first-order valence-corrected chi connectivity index (χ1v) is 13.1. The molecule has 0 fully saturated rings. The highest BCUT2D eigenvalue weighted by molar-refractivity contribution is 9.10. The third kappa shape index (κ3) is 6.71. The normalized spacial score (nSPS) is 11.0. The molecule has 0 aliphatic heterocycles. The van der Waals surface area contributed by atoms with Crippen molar-refractivity contribution in [2.24, 2.45) is 0 Å². The van der Waals surface area contributed by atoms with Gasteiger partial charge in [-0.3, -0.25) is 19.0 Å². The highest BCUT2D eigenvalue weighted by atomic mass is 79.9. The van der Waals surface area contributed by atoms with Gasteiger partial charge in [-0.15, -0.1) is 0 Å². The molecule has 0 atom stereocenters. The Hall–Kier alpha value is -3.34. The Bertz CT molecular complexity index is 1490. The third-order valence-corrected chi connectivity index (χ3v) is 7.00. The van der Waals surface area contributed by atoms with E-state index in [0.29, 0.717) is 40.3 Å². The van der Waals surface area contributed by atoms with Crippen LogP contribution >= 0.6 is 27.7 Å². The Labute approximate surface area is 225 Å². The maximum Gasteiger partial charge on any atom is 0.262 e. The number of nitrogens with one attached hydrogen (secondary N) is 1. The number of hydrogen-bond acceptors (Lipinski definition) is 6. The molecule has 1 aromatic heterocycles.